The second-order valence-electron chi connectivity index (χ2n) is 7.47. The molecule has 1 aromatic carbocycles. The van der Waals surface area contributed by atoms with Crippen molar-refractivity contribution in [1.82, 2.24) is 0 Å². The van der Waals surface area contributed by atoms with Crippen LogP contribution < -0.4 is 5.32 Å². The lowest BCUT2D eigenvalue weighted by molar-refractivity contribution is -0.112. The summed E-state index contributed by atoms with van der Waals surface area (Å²) in [6.45, 7) is 2.00. The van der Waals surface area contributed by atoms with Crippen molar-refractivity contribution in [3.63, 3.8) is 0 Å². The maximum atomic E-state index is 12.9. The Morgan fingerprint density at radius 3 is 2.85 bits per heavy atom. The number of nitriles is 1. The van der Waals surface area contributed by atoms with Crippen molar-refractivity contribution in [2.24, 2.45) is 0 Å². The highest BCUT2D eigenvalue weighted by molar-refractivity contribution is 9.10. The number of fused-ring (bicyclic) bond motifs is 1. The summed E-state index contributed by atoms with van der Waals surface area (Å²) >= 11 is 4.82. The fourth-order valence-corrected chi connectivity index (χ4v) is 5.43. The number of esters is 1. The molecule has 6 nitrogen and oxygen atoms in total. The van der Waals surface area contributed by atoms with Gasteiger partial charge in [0, 0.05) is 21.0 Å². The number of nitrogens with zero attached hydrogens (tertiary/aromatic N) is 1. The van der Waals surface area contributed by atoms with E-state index in [1.165, 1.54) is 17.4 Å². The quantitative estimate of drug-likeness (QED) is 0.229. The first-order valence-electron chi connectivity index (χ1n) is 10.6. The Morgan fingerprint density at radius 1 is 1.27 bits per heavy atom. The van der Waals surface area contributed by atoms with Gasteiger partial charge < -0.3 is 14.5 Å². The molecule has 0 spiro atoms. The van der Waals surface area contributed by atoms with Crippen LogP contribution in [0.1, 0.15) is 46.3 Å². The van der Waals surface area contributed by atoms with Gasteiger partial charge in [-0.3, -0.25) is 4.79 Å². The Hall–Kier alpha value is -3.15. The van der Waals surface area contributed by atoms with Gasteiger partial charge in [0.1, 0.15) is 28.2 Å². The molecule has 3 aromatic rings. The van der Waals surface area contributed by atoms with Crippen LogP contribution >= 0.6 is 27.3 Å². The fourth-order valence-electron chi connectivity index (χ4n) is 3.76. The number of benzene rings is 1. The van der Waals surface area contributed by atoms with Crippen LogP contribution in [0.15, 0.2) is 50.9 Å². The van der Waals surface area contributed by atoms with Crippen molar-refractivity contribution in [2.75, 3.05) is 11.9 Å². The lowest BCUT2D eigenvalue weighted by atomic mass is 9.95. The van der Waals surface area contributed by atoms with Crippen molar-refractivity contribution < 1.29 is 18.7 Å². The van der Waals surface area contributed by atoms with E-state index in [0.717, 1.165) is 46.2 Å². The van der Waals surface area contributed by atoms with E-state index in [1.54, 1.807) is 19.1 Å². The van der Waals surface area contributed by atoms with Crippen LogP contribution in [0.25, 0.3) is 17.4 Å². The predicted octanol–water partition coefficient (Wildman–Crippen LogP) is 6.37. The van der Waals surface area contributed by atoms with Crippen LogP contribution in [-0.4, -0.2) is 18.5 Å². The number of furan rings is 1. The molecular weight excluding hydrogens is 504 g/mol. The number of anilines is 1. The molecule has 0 saturated carbocycles. The van der Waals surface area contributed by atoms with Crippen molar-refractivity contribution in [1.29, 1.82) is 5.26 Å². The number of thiophene rings is 1. The number of carbonyl (C=O) groups is 2. The van der Waals surface area contributed by atoms with E-state index >= 15 is 0 Å². The predicted molar refractivity (Wildman–Crippen MR) is 131 cm³/mol. The van der Waals surface area contributed by atoms with Gasteiger partial charge in [-0.25, -0.2) is 4.79 Å². The molecule has 33 heavy (non-hydrogen) atoms. The molecule has 4 rings (SSSR count). The summed E-state index contributed by atoms with van der Waals surface area (Å²) in [6, 6.07) is 13.1. The minimum Gasteiger partial charge on any atom is -0.462 e. The van der Waals surface area contributed by atoms with Gasteiger partial charge in [-0.1, -0.05) is 28.1 Å². The highest BCUT2D eigenvalue weighted by atomic mass is 79.9. The minimum atomic E-state index is -0.595. The molecule has 0 aliphatic heterocycles. The lowest BCUT2D eigenvalue weighted by Crippen LogP contribution is -2.16. The summed E-state index contributed by atoms with van der Waals surface area (Å²) in [6.07, 6.45) is 5.08. The second kappa shape index (κ2) is 10.2. The zero-order valence-corrected chi connectivity index (χ0v) is 20.3. The molecule has 168 valence electrons. The first-order valence-corrected chi connectivity index (χ1v) is 12.2. The molecule has 0 unspecified atom stereocenters. The van der Waals surface area contributed by atoms with E-state index in [2.05, 4.69) is 21.2 Å². The molecule has 1 N–H and O–H groups in total. The van der Waals surface area contributed by atoms with Crippen LogP contribution in [0.5, 0.6) is 0 Å². The highest BCUT2D eigenvalue weighted by Gasteiger charge is 2.27. The molecule has 0 atom stereocenters. The number of aryl methyl sites for hydroxylation is 1. The number of halogens is 1. The van der Waals surface area contributed by atoms with Crippen LogP contribution in [0.3, 0.4) is 0 Å². The summed E-state index contributed by atoms with van der Waals surface area (Å²) in [7, 11) is 0. The van der Waals surface area contributed by atoms with E-state index in [-0.39, 0.29) is 12.2 Å². The van der Waals surface area contributed by atoms with Crippen LogP contribution in [0.4, 0.5) is 5.00 Å². The fraction of sp³-hybridized carbons (Fsp3) is 0.240. The smallest absolute Gasteiger partial charge is 0.341 e. The van der Waals surface area contributed by atoms with Crippen LogP contribution in [-0.2, 0) is 22.4 Å². The van der Waals surface area contributed by atoms with Crippen LogP contribution in [0.2, 0.25) is 0 Å². The Labute approximate surface area is 204 Å². The molecule has 8 heteroatoms. The van der Waals surface area contributed by atoms with Gasteiger partial charge in [0.05, 0.1) is 12.2 Å². The van der Waals surface area contributed by atoms with Crippen molar-refractivity contribution in [3.05, 3.63) is 68.2 Å². The normalized spacial score (nSPS) is 13.2. The Kier molecular flexibility index (Phi) is 7.11. The third-order valence-corrected chi connectivity index (χ3v) is 6.97. The first kappa shape index (κ1) is 23.0. The average Bonchev–Trinajstić information content (AvgIpc) is 3.42. The van der Waals surface area contributed by atoms with E-state index in [1.807, 2.05) is 30.3 Å². The highest BCUT2D eigenvalue weighted by Crippen LogP contribution is 2.39. The standard InChI is InChI=1S/C25H21BrN2O4S/c1-2-31-25(30)22-19-8-3-4-9-21(19)33-24(22)28-23(29)16(14-27)13-18-10-11-20(32-18)15-6-5-7-17(26)12-15/h5-7,10-13H,2-4,8-9H2,1H3,(H,28,29)/b16-13+. The van der Waals surface area contributed by atoms with Gasteiger partial charge in [0.2, 0.25) is 0 Å². The number of amides is 1. The van der Waals surface area contributed by atoms with Crippen molar-refractivity contribution >= 4 is 50.2 Å². The van der Waals surface area contributed by atoms with Crippen LogP contribution in [0, 0.1) is 11.3 Å². The van der Waals surface area contributed by atoms with Gasteiger partial charge in [-0.2, -0.15) is 5.26 Å². The number of hydrogen-bond donors (Lipinski definition) is 1. The number of rotatable bonds is 6. The number of hydrogen-bond acceptors (Lipinski definition) is 6. The molecule has 2 aromatic heterocycles. The van der Waals surface area contributed by atoms with Gasteiger partial charge >= 0.3 is 5.97 Å². The van der Waals surface area contributed by atoms with E-state index < -0.39 is 11.9 Å². The molecule has 1 aliphatic rings. The summed E-state index contributed by atoms with van der Waals surface area (Å²) in [5.41, 5.74) is 2.12. The molecular formula is C25H21BrN2O4S. The summed E-state index contributed by atoms with van der Waals surface area (Å²) in [5.74, 6) is -0.0371. The monoisotopic (exact) mass is 524 g/mol. The Balaban J connectivity index is 1.59. The maximum absolute atomic E-state index is 12.9. The third kappa shape index (κ3) is 5.10. The molecule has 0 radical (unpaired) electrons. The molecule has 0 fully saturated rings. The topological polar surface area (TPSA) is 92.3 Å². The second-order valence-corrected chi connectivity index (χ2v) is 9.49. The average molecular weight is 525 g/mol. The Morgan fingerprint density at radius 2 is 2.09 bits per heavy atom. The summed E-state index contributed by atoms with van der Waals surface area (Å²) in [4.78, 5) is 26.6. The maximum Gasteiger partial charge on any atom is 0.341 e. The third-order valence-electron chi connectivity index (χ3n) is 5.27. The molecule has 2 heterocycles. The van der Waals surface area contributed by atoms with E-state index in [0.29, 0.717) is 22.1 Å². The number of nitrogens with one attached hydrogen (secondary N) is 1. The summed E-state index contributed by atoms with van der Waals surface area (Å²) in [5, 5.41) is 12.8. The Bertz CT molecular complexity index is 1280. The van der Waals surface area contributed by atoms with Gasteiger partial charge in [0.25, 0.3) is 5.91 Å². The molecule has 1 aliphatic carbocycles. The zero-order chi connectivity index (χ0) is 23.4. The van der Waals surface area contributed by atoms with Gasteiger partial charge in [-0.05, 0) is 62.4 Å². The summed E-state index contributed by atoms with van der Waals surface area (Å²) < 4.78 is 12.0. The lowest BCUT2D eigenvalue weighted by Gasteiger charge is -2.12. The largest absolute Gasteiger partial charge is 0.462 e. The molecule has 1 amide bonds. The van der Waals surface area contributed by atoms with E-state index in [4.69, 9.17) is 9.15 Å². The number of ether oxygens (including phenoxy) is 1. The minimum absolute atomic E-state index is 0.119. The van der Waals surface area contributed by atoms with Gasteiger partial charge in [0.15, 0.2) is 0 Å². The van der Waals surface area contributed by atoms with Crippen molar-refractivity contribution in [3.8, 4) is 17.4 Å². The zero-order valence-electron chi connectivity index (χ0n) is 17.9. The van der Waals surface area contributed by atoms with Gasteiger partial charge in [-0.15, -0.1) is 11.3 Å². The number of carbonyl (C=O) groups excluding carboxylic acids is 2. The molecule has 0 bridgehead atoms. The SMILES string of the molecule is CCOC(=O)c1c(NC(=O)/C(C#N)=C/c2ccc(-c3cccc(Br)c3)o2)sc2c1CCCC2. The first-order chi connectivity index (χ1) is 16.0. The molecule has 0 saturated heterocycles. The van der Waals surface area contributed by atoms with E-state index in [9.17, 15) is 14.9 Å². The van der Waals surface area contributed by atoms with Crippen molar-refractivity contribution in [2.45, 2.75) is 32.6 Å².